The SMILES string of the molecule is CCOc1ccc(NC(=O)Nc2cccc(F)c2C)cc1. The van der Waals surface area contributed by atoms with Crippen molar-refractivity contribution in [2.45, 2.75) is 13.8 Å². The van der Waals surface area contributed by atoms with Crippen LogP contribution in [0.3, 0.4) is 0 Å². The predicted octanol–water partition coefficient (Wildman–Crippen LogP) is 4.18. The zero-order valence-electron chi connectivity index (χ0n) is 11.9. The van der Waals surface area contributed by atoms with Crippen LogP contribution in [0.4, 0.5) is 20.6 Å². The van der Waals surface area contributed by atoms with Crippen molar-refractivity contribution < 1.29 is 13.9 Å². The predicted molar refractivity (Wildman–Crippen MR) is 81.4 cm³/mol. The summed E-state index contributed by atoms with van der Waals surface area (Å²) in [6, 6.07) is 11.1. The van der Waals surface area contributed by atoms with Crippen LogP contribution in [0.5, 0.6) is 5.75 Å². The monoisotopic (exact) mass is 288 g/mol. The Hall–Kier alpha value is -2.56. The van der Waals surface area contributed by atoms with E-state index in [2.05, 4.69) is 10.6 Å². The number of anilines is 2. The molecule has 21 heavy (non-hydrogen) atoms. The van der Waals surface area contributed by atoms with Crippen LogP contribution >= 0.6 is 0 Å². The topological polar surface area (TPSA) is 50.4 Å². The summed E-state index contributed by atoms with van der Waals surface area (Å²) in [5.74, 6) is 0.387. The van der Waals surface area contributed by atoms with Crippen molar-refractivity contribution in [3.63, 3.8) is 0 Å². The fourth-order valence-electron chi connectivity index (χ4n) is 1.83. The van der Waals surface area contributed by atoms with Gasteiger partial charge in [0.25, 0.3) is 0 Å². The molecule has 0 aliphatic carbocycles. The molecule has 0 radical (unpaired) electrons. The number of amides is 2. The lowest BCUT2D eigenvalue weighted by Gasteiger charge is -2.10. The number of benzene rings is 2. The van der Waals surface area contributed by atoms with Crippen molar-refractivity contribution in [2.75, 3.05) is 17.2 Å². The van der Waals surface area contributed by atoms with Gasteiger partial charge in [0.15, 0.2) is 0 Å². The molecule has 0 bridgehead atoms. The second kappa shape index (κ2) is 6.74. The van der Waals surface area contributed by atoms with Crippen molar-refractivity contribution >= 4 is 17.4 Å². The summed E-state index contributed by atoms with van der Waals surface area (Å²) < 4.78 is 18.7. The fourth-order valence-corrected chi connectivity index (χ4v) is 1.83. The van der Waals surface area contributed by atoms with E-state index in [4.69, 9.17) is 4.74 Å². The second-order valence-corrected chi connectivity index (χ2v) is 4.45. The maximum Gasteiger partial charge on any atom is 0.323 e. The van der Waals surface area contributed by atoms with Crippen LogP contribution in [-0.4, -0.2) is 12.6 Å². The Kier molecular flexibility index (Phi) is 4.77. The number of hydrogen-bond donors (Lipinski definition) is 2. The van der Waals surface area contributed by atoms with Gasteiger partial charge in [0, 0.05) is 16.9 Å². The van der Waals surface area contributed by atoms with Gasteiger partial charge >= 0.3 is 6.03 Å². The molecule has 2 N–H and O–H groups in total. The van der Waals surface area contributed by atoms with Crippen LogP contribution < -0.4 is 15.4 Å². The first kappa shape index (κ1) is 14.8. The van der Waals surface area contributed by atoms with Crippen LogP contribution in [0.2, 0.25) is 0 Å². The number of rotatable bonds is 4. The van der Waals surface area contributed by atoms with Crippen molar-refractivity contribution in [2.24, 2.45) is 0 Å². The smallest absolute Gasteiger partial charge is 0.323 e. The first-order chi connectivity index (χ1) is 10.1. The largest absolute Gasteiger partial charge is 0.494 e. The van der Waals surface area contributed by atoms with E-state index in [1.165, 1.54) is 6.07 Å². The summed E-state index contributed by atoms with van der Waals surface area (Å²) in [7, 11) is 0. The Morgan fingerprint density at radius 3 is 2.52 bits per heavy atom. The molecule has 0 atom stereocenters. The molecule has 0 aromatic heterocycles. The van der Waals surface area contributed by atoms with Crippen LogP contribution in [0.15, 0.2) is 42.5 Å². The van der Waals surface area contributed by atoms with Crippen molar-refractivity contribution in [1.29, 1.82) is 0 Å². The van der Waals surface area contributed by atoms with E-state index in [-0.39, 0.29) is 5.82 Å². The Bertz CT molecular complexity index is 627. The standard InChI is InChI=1S/C16H17FN2O2/c1-3-21-13-9-7-12(8-10-13)18-16(20)19-15-6-4-5-14(17)11(15)2/h4-10H,3H2,1-2H3,(H2,18,19,20). The molecular weight excluding hydrogens is 271 g/mol. The van der Waals surface area contributed by atoms with E-state index in [9.17, 15) is 9.18 Å². The summed E-state index contributed by atoms with van der Waals surface area (Å²) in [5.41, 5.74) is 1.47. The highest BCUT2D eigenvalue weighted by molar-refractivity contribution is 6.00. The third kappa shape index (κ3) is 3.95. The maximum absolute atomic E-state index is 13.4. The third-order valence-electron chi connectivity index (χ3n) is 2.94. The van der Waals surface area contributed by atoms with Gasteiger partial charge in [-0.05, 0) is 50.2 Å². The van der Waals surface area contributed by atoms with Crippen molar-refractivity contribution in [3.8, 4) is 5.75 Å². The molecule has 2 amide bonds. The minimum atomic E-state index is -0.423. The minimum absolute atomic E-state index is 0.353. The zero-order valence-corrected chi connectivity index (χ0v) is 11.9. The summed E-state index contributed by atoms with van der Waals surface area (Å²) in [6.07, 6.45) is 0. The molecule has 0 saturated heterocycles. The molecule has 2 aromatic carbocycles. The molecule has 4 nitrogen and oxygen atoms in total. The van der Waals surface area contributed by atoms with E-state index < -0.39 is 6.03 Å². The first-order valence-corrected chi connectivity index (χ1v) is 6.66. The minimum Gasteiger partial charge on any atom is -0.494 e. The molecule has 5 heteroatoms. The normalized spacial score (nSPS) is 10.0. The molecular formula is C16H17FN2O2. The van der Waals surface area contributed by atoms with E-state index in [1.807, 2.05) is 6.92 Å². The summed E-state index contributed by atoms with van der Waals surface area (Å²) in [5, 5.41) is 5.30. The molecule has 0 aliphatic heterocycles. The molecule has 0 heterocycles. The van der Waals surface area contributed by atoms with Gasteiger partial charge in [-0.1, -0.05) is 6.07 Å². The molecule has 0 unspecified atom stereocenters. The summed E-state index contributed by atoms with van der Waals surface area (Å²) in [6.45, 7) is 4.11. The second-order valence-electron chi connectivity index (χ2n) is 4.45. The highest BCUT2D eigenvalue weighted by Gasteiger charge is 2.07. The molecule has 2 rings (SSSR count). The molecule has 2 aromatic rings. The lowest BCUT2D eigenvalue weighted by molar-refractivity contribution is 0.262. The van der Waals surface area contributed by atoms with Crippen molar-refractivity contribution in [3.05, 3.63) is 53.8 Å². The van der Waals surface area contributed by atoms with Gasteiger partial charge in [-0.25, -0.2) is 9.18 Å². The Balaban J connectivity index is 1.99. The van der Waals surface area contributed by atoms with Gasteiger partial charge in [-0.2, -0.15) is 0 Å². The van der Waals surface area contributed by atoms with E-state index in [1.54, 1.807) is 43.3 Å². The average molecular weight is 288 g/mol. The average Bonchev–Trinajstić information content (AvgIpc) is 2.46. The van der Waals surface area contributed by atoms with Gasteiger partial charge in [-0.15, -0.1) is 0 Å². The number of hydrogen-bond acceptors (Lipinski definition) is 2. The van der Waals surface area contributed by atoms with Crippen LogP contribution in [0.25, 0.3) is 0 Å². The highest BCUT2D eigenvalue weighted by atomic mass is 19.1. The molecule has 0 aliphatic rings. The van der Waals surface area contributed by atoms with E-state index in [0.717, 1.165) is 5.75 Å². The first-order valence-electron chi connectivity index (χ1n) is 6.66. The van der Waals surface area contributed by atoms with Crippen LogP contribution in [0, 0.1) is 12.7 Å². The number of nitrogens with one attached hydrogen (secondary N) is 2. The number of carbonyl (C=O) groups excluding carboxylic acids is 1. The Morgan fingerprint density at radius 1 is 1.14 bits per heavy atom. The van der Waals surface area contributed by atoms with Gasteiger partial charge in [0.2, 0.25) is 0 Å². The van der Waals surface area contributed by atoms with Crippen molar-refractivity contribution in [1.82, 2.24) is 0 Å². The lowest BCUT2D eigenvalue weighted by atomic mass is 10.2. The van der Waals surface area contributed by atoms with Crippen LogP contribution in [-0.2, 0) is 0 Å². The third-order valence-corrected chi connectivity index (χ3v) is 2.94. The lowest BCUT2D eigenvalue weighted by Crippen LogP contribution is -2.20. The maximum atomic E-state index is 13.4. The zero-order chi connectivity index (χ0) is 15.2. The highest BCUT2D eigenvalue weighted by Crippen LogP contribution is 2.19. The number of ether oxygens (including phenoxy) is 1. The van der Waals surface area contributed by atoms with Gasteiger partial charge in [-0.3, -0.25) is 0 Å². The van der Waals surface area contributed by atoms with Gasteiger partial charge < -0.3 is 15.4 Å². The van der Waals surface area contributed by atoms with Gasteiger partial charge in [0.05, 0.1) is 6.61 Å². The molecule has 0 fully saturated rings. The fraction of sp³-hybridized carbons (Fsp3) is 0.188. The quantitative estimate of drug-likeness (QED) is 0.886. The Labute approximate surface area is 122 Å². The number of halogens is 1. The molecule has 110 valence electrons. The van der Waals surface area contributed by atoms with Gasteiger partial charge in [0.1, 0.15) is 11.6 Å². The van der Waals surface area contributed by atoms with E-state index in [0.29, 0.717) is 23.5 Å². The number of urea groups is 1. The Morgan fingerprint density at radius 2 is 1.86 bits per heavy atom. The van der Waals surface area contributed by atoms with E-state index >= 15 is 0 Å². The summed E-state index contributed by atoms with van der Waals surface area (Å²) in [4.78, 5) is 11.9. The molecule has 0 saturated carbocycles. The number of carbonyl (C=O) groups is 1. The molecule has 0 spiro atoms. The summed E-state index contributed by atoms with van der Waals surface area (Å²) >= 11 is 0. The van der Waals surface area contributed by atoms with Crippen LogP contribution in [0.1, 0.15) is 12.5 Å².